The average molecular weight is 649 g/mol. The normalized spacial score (nSPS) is 12.8. The van der Waals surface area contributed by atoms with E-state index in [0.717, 1.165) is 74.4 Å². The van der Waals surface area contributed by atoms with Gasteiger partial charge in [0.2, 0.25) is 0 Å². The monoisotopic (exact) mass is 648 g/mol. The lowest BCUT2D eigenvalue weighted by Crippen LogP contribution is -2.15. The Hall–Kier alpha value is -3.92. The fraction of sp³-hybridized carbons (Fsp3) is 0.455. The Morgan fingerprint density at radius 1 is 0.417 bits per heavy atom. The van der Waals surface area contributed by atoms with Crippen molar-refractivity contribution in [2.45, 2.75) is 105 Å². The average Bonchev–Trinajstić information content (AvgIpc) is 3.06. The Morgan fingerprint density at radius 2 is 0.667 bits per heavy atom. The minimum Gasteiger partial charge on any atom is -0.493 e. The minimum absolute atomic E-state index is 0.0297. The number of benzene rings is 4. The zero-order valence-electron chi connectivity index (χ0n) is 30.5. The van der Waals surface area contributed by atoms with Crippen molar-refractivity contribution in [2.75, 3.05) is 26.4 Å². The molecule has 1 aliphatic carbocycles. The maximum absolute atomic E-state index is 6.71. The summed E-state index contributed by atoms with van der Waals surface area (Å²) in [7, 11) is 0. The summed E-state index contributed by atoms with van der Waals surface area (Å²) in [5.74, 6) is 3.96. The molecule has 4 aromatic rings. The van der Waals surface area contributed by atoms with Crippen LogP contribution < -0.4 is 18.9 Å². The molecule has 0 saturated carbocycles. The van der Waals surface area contributed by atoms with Gasteiger partial charge < -0.3 is 18.9 Å². The summed E-state index contributed by atoms with van der Waals surface area (Å²) in [6.45, 7) is 18.3. The molecule has 5 rings (SSSR count). The highest BCUT2D eigenvalue weighted by Gasteiger charge is 2.24. The number of para-hydroxylation sites is 3. The second-order valence-electron chi connectivity index (χ2n) is 14.2. The van der Waals surface area contributed by atoms with E-state index >= 15 is 0 Å². The van der Waals surface area contributed by atoms with Crippen molar-refractivity contribution in [2.24, 2.45) is 0 Å². The van der Waals surface area contributed by atoms with Gasteiger partial charge in [-0.15, -0.1) is 0 Å². The Balaban J connectivity index is 1.81. The van der Waals surface area contributed by atoms with E-state index in [1.807, 2.05) is 0 Å². The Morgan fingerprint density at radius 3 is 0.917 bits per heavy atom. The van der Waals surface area contributed by atoms with Crippen LogP contribution in [0.1, 0.15) is 124 Å². The molecular weight excluding hydrogens is 592 g/mol. The molecule has 0 N–H and O–H groups in total. The van der Waals surface area contributed by atoms with Crippen molar-refractivity contribution >= 4 is 0 Å². The van der Waals surface area contributed by atoms with Gasteiger partial charge in [-0.05, 0) is 81.2 Å². The molecule has 48 heavy (non-hydrogen) atoms. The van der Waals surface area contributed by atoms with E-state index in [2.05, 4.69) is 115 Å². The van der Waals surface area contributed by atoms with Crippen LogP contribution in [0, 0.1) is 0 Å². The van der Waals surface area contributed by atoms with Crippen molar-refractivity contribution in [3.63, 3.8) is 0 Å². The molecule has 0 fully saturated rings. The van der Waals surface area contributed by atoms with Gasteiger partial charge >= 0.3 is 0 Å². The molecular formula is C44H56O4. The first-order chi connectivity index (χ1) is 23.3. The molecule has 0 spiro atoms. The van der Waals surface area contributed by atoms with Crippen LogP contribution in [0.2, 0.25) is 0 Å². The third-order valence-electron chi connectivity index (χ3n) is 8.97. The summed E-state index contributed by atoms with van der Waals surface area (Å²) in [5, 5.41) is 0. The summed E-state index contributed by atoms with van der Waals surface area (Å²) in [6, 6.07) is 24.6. The fourth-order valence-corrected chi connectivity index (χ4v) is 6.58. The smallest absolute Gasteiger partial charge is 0.126 e. The molecule has 4 nitrogen and oxygen atoms in total. The summed E-state index contributed by atoms with van der Waals surface area (Å²) >= 11 is 0. The first kappa shape index (κ1) is 35.4. The summed E-state index contributed by atoms with van der Waals surface area (Å²) < 4.78 is 26.6. The maximum Gasteiger partial charge on any atom is 0.126 e. The molecule has 1 aliphatic rings. The lowest BCUT2D eigenvalue weighted by molar-refractivity contribution is 0.304. The number of rotatable bonds is 12. The lowest BCUT2D eigenvalue weighted by atomic mass is 9.82. The van der Waals surface area contributed by atoms with Gasteiger partial charge in [-0.1, -0.05) is 115 Å². The SMILES string of the molecule is CCCOc1c2cccc1Cc1cccc(c1OCCC)Cc1cc(C(C)(C)C)cc(c1OCCC)Cc1cccc(c1OCCC)C2. The third kappa shape index (κ3) is 8.38. The van der Waals surface area contributed by atoms with Gasteiger partial charge in [0.25, 0.3) is 0 Å². The van der Waals surface area contributed by atoms with Gasteiger partial charge in [0.15, 0.2) is 0 Å². The van der Waals surface area contributed by atoms with E-state index in [-0.39, 0.29) is 5.41 Å². The first-order valence-corrected chi connectivity index (χ1v) is 18.3. The molecule has 256 valence electrons. The predicted molar refractivity (Wildman–Crippen MR) is 199 cm³/mol. The molecule has 4 heteroatoms. The van der Waals surface area contributed by atoms with Gasteiger partial charge in [-0.3, -0.25) is 0 Å². The highest BCUT2D eigenvalue weighted by molar-refractivity contribution is 5.57. The number of fused-ring (bicyclic) bond motifs is 8. The molecule has 0 amide bonds. The van der Waals surface area contributed by atoms with Gasteiger partial charge in [0, 0.05) is 25.7 Å². The van der Waals surface area contributed by atoms with E-state index in [1.54, 1.807) is 0 Å². The maximum atomic E-state index is 6.71. The van der Waals surface area contributed by atoms with E-state index < -0.39 is 0 Å². The molecule has 0 atom stereocenters. The number of hydrogen-bond acceptors (Lipinski definition) is 4. The predicted octanol–water partition coefficient (Wildman–Crippen LogP) is 10.8. The zero-order chi connectivity index (χ0) is 34.1. The highest BCUT2D eigenvalue weighted by atomic mass is 16.5. The van der Waals surface area contributed by atoms with Crippen LogP contribution in [0.25, 0.3) is 0 Å². The third-order valence-corrected chi connectivity index (χ3v) is 8.97. The van der Waals surface area contributed by atoms with Gasteiger partial charge in [-0.25, -0.2) is 0 Å². The van der Waals surface area contributed by atoms with E-state index in [0.29, 0.717) is 26.4 Å². The van der Waals surface area contributed by atoms with Crippen molar-refractivity contribution in [1.82, 2.24) is 0 Å². The van der Waals surface area contributed by atoms with Crippen molar-refractivity contribution in [3.05, 3.63) is 117 Å². The van der Waals surface area contributed by atoms with Crippen LogP contribution in [0.5, 0.6) is 23.0 Å². The molecule has 0 heterocycles. The van der Waals surface area contributed by atoms with Crippen LogP contribution in [0.3, 0.4) is 0 Å². The Bertz CT molecular complexity index is 1560. The van der Waals surface area contributed by atoms with Crippen molar-refractivity contribution in [3.8, 4) is 23.0 Å². The second-order valence-corrected chi connectivity index (χ2v) is 14.2. The quantitative estimate of drug-likeness (QED) is 0.135. The van der Waals surface area contributed by atoms with Crippen LogP contribution >= 0.6 is 0 Å². The summed E-state index contributed by atoms with van der Waals surface area (Å²) in [5.41, 5.74) is 10.8. The molecule has 4 aromatic carbocycles. The molecule has 0 aliphatic heterocycles. The van der Waals surface area contributed by atoms with Crippen molar-refractivity contribution in [1.29, 1.82) is 0 Å². The Kier molecular flexibility index (Phi) is 12.1. The van der Waals surface area contributed by atoms with Crippen LogP contribution in [-0.4, -0.2) is 26.4 Å². The molecule has 8 bridgehead atoms. The van der Waals surface area contributed by atoms with E-state index in [4.69, 9.17) is 18.9 Å². The molecule has 0 radical (unpaired) electrons. The second kappa shape index (κ2) is 16.5. The molecule has 0 unspecified atom stereocenters. The van der Waals surface area contributed by atoms with E-state index in [9.17, 15) is 0 Å². The van der Waals surface area contributed by atoms with E-state index in [1.165, 1.54) is 50.1 Å². The standard InChI is InChI=1S/C44H56O4/c1-8-21-45-40-31-15-12-16-32(40)26-34-18-14-20-36(42(34)47-23-10-3)28-38-30-39(44(5,6)7)29-37(43(38)48-24-11-4)27-35-19-13-17-33(25-31)41(35)46-22-9-2/h12-20,29-30H,8-11,21-28H2,1-7H3. The Labute approximate surface area is 289 Å². The topological polar surface area (TPSA) is 36.9 Å². The minimum atomic E-state index is -0.0297. The highest BCUT2D eigenvalue weighted by Crippen LogP contribution is 2.40. The van der Waals surface area contributed by atoms with Crippen LogP contribution in [0.15, 0.2) is 66.7 Å². The zero-order valence-corrected chi connectivity index (χ0v) is 30.5. The number of ether oxygens (including phenoxy) is 4. The largest absolute Gasteiger partial charge is 0.493 e. The van der Waals surface area contributed by atoms with Gasteiger partial charge in [0.1, 0.15) is 23.0 Å². The summed E-state index contributed by atoms with van der Waals surface area (Å²) in [6.07, 6.45) is 6.69. The first-order valence-electron chi connectivity index (χ1n) is 18.3. The van der Waals surface area contributed by atoms with Gasteiger partial charge in [-0.2, -0.15) is 0 Å². The summed E-state index contributed by atoms with van der Waals surface area (Å²) in [4.78, 5) is 0. The number of hydrogen-bond donors (Lipinski definition) is 0. The lowest BCUT2D eigenvalue weighted by Gasteiger charge is -2.26. The van der Waals surface area contributed by atoms with Crippen LogP contribution in [0.4, 0.5) is 0 Å². The van der Waals surface area contributed by atoms with Crippen LogP contribution in [-0.2, 0) is 31.1 Å². The van der Waals surface area contributed by atoms with Crippen molar-refractivity contribution < 1.29 is 18.9 Å². The molecule has 0 saturated heterocycles. The molecule has 0 aromatic heterocycles. The fourth-order valence-electron chi connectivity index (χ4n) is 6.58. The van der Waals surface area contributed by atoms with Gasteiger partial charge in [0.05, 0.1) is 26.4 Å².